The van der Waals surface area contributed by atoms with Gasteiger partial charge in [0.05, 0.1) is 24.4 Å². The first-order valence-electron chi connectivity index (χ1n) is 9.94. The first kappa shape index (κ1) is 22.0. The van der Waals surface area contributed by atoms with Crippen molar-refractivity contribution in [3.8, 4) is 5.75 Å². The van der Waals surface area contributed by atoms with Gasteiger partial charge in [-0.3, -0.25) is 14.2 Å². The van der Waals surface area contributed by atoms with E-state index in [1.54, 1.807) is 11.7 Å². The number of fused-ring (bicyclic) bond motifs is 1. The van der Waals surface area contributed by atoms with Gasteiger partial charge in [0.25, 0.3) is 5.56 Å². The van der Waals surface area contributed by atoms with Crippen molar-refractivity contribution in [2.24, 2.45) is 5.92 Å². The smallest absolute Gasteiger partial charge is 0.278 e. The van der Waals surface area contributed by atoms with Crippen LogP contribution in [0, 0.1) is 12.8 Å². The van der Waals surface area contributed by atoms with Gasteiger partial charge in [-0.25, -0.2) is 4.98 Å². The summed E-state index contributed by atoms with van der Waals surface area (Å²) in [7, 11) is 1.62. The molecule has 0 bridgehead atoms. The molecule has 0 radical (unpaired) electrons. The molecule has 8 heteroatoms. The third kappa shape index (κ3) is 5.05. The van der Waals surface area contributed by atoms with Crippen LogP contribution in [0.15, 0.2) is 40.3 Å². The Hall–Kier alpha value is -2.74. The maximum absolute atomic E-state index is 12.9. The summed E-state index contributed by atoms with van der Waals surface area (Å²) in [5.41, 5.74) is 2.89. The normalized spacial score (nSPS) is 12.3. The minimum Gasteiger partial charge on any atom is -0.497 e. The SMILES string of the molecule is COc1cccc([C@H](C)NC(=O)CSc2nc3cc(C)[nH]c3c(=O)n2CC(C)C)c1. The Labute approximate surface area is 180 Å². The van der Waals surface area contributed by atoms with Crippen molar-refractivity contribution in [1.29, 1.82) is 0 Å². The van der Waals surface area contributed by atoms with Gasteiger partial charge in [0.1, 0.15) is 11.3 Å². The van der Waals surface area contributed by atoms with Crippen LogP contribution < -0.4 is 15.6 Å². The van der Waals surface area contributed by atoms with E-state index < -0.39 is 0 Å². The van der Waals surface area contributed by atoms with Gasteiger partial charge in [0, 0.05) is 12.2 Å². The fourth-order valence-corrected chi connectivity index (χ4v) is 4.07. The van der Waals surface area contributed by atoms with Crippen molar-refractivity contribution in [1.82, 2.24) is 19.9 Å². The van der Waals surface area contributed by atoms with E-state index in [1.165, 1.54) is 11.8 Å². The third-order valence-corrected chi connectivity index (χ3v) is 5.67. The topological polar surface area (TPSA) is 89.0 Å². The molecule has 30 heavy (non-hydrogen) atoms. The summed E-state index contributed by atoms with van der Waals surface area (Å²) in [6.07, 6.45) is 0. The van der Waals surface area contributed by atoms with E-state index in [0.717, 1.165) is 17.0 Å². The molecule has 1 aromatic carbocycles. The number of amides is 1. The quantitative estimate of drug-likeness (QED) is 0.422. The van der Waals surface area contributed by atoms with Crippen LogP contribution in [0.5, 0.6) is 5.75 Å². The summed E-state index contributed by atoms with van der Waals surface area (Å²) in [5, 5.41) is 3.56. The monoisotopic (exact) mass is 428 g/mol. The number of H-pyrrole nitrogens is 1. The molecule has 0 fully saturated rings. The first-order valence-corrected chi connectivity index (χ1v) is 10.9. The number of ether oxygens (including phenoxy) is 1. The van der Waals surface area contributed by atoms with Crippen LogP contribution in [0.4, 0.5) is 0 Å². The van der Waals surface area contributed by atoms with Gasteiger partial charge in [-0.05, 0) is 43.5 Å². The minimum atomic E-state index is -0.159. The molecule has 1 amide bonds. The van der Waals surface area contributed by atoms with Crippen molar-refractivity contribution in [2.45, 2.75) is 45.4 Å². The Morgan fingerprint density at radius 1 is 1.30 bits per heavy atom. The molecule has 0 aliphatic heterocycles. The van der Waals surface area contributed by atoms with Gasteiger partial charge >= 0.3 is 0 Å². The summed E-state index contributed by atoms with van der Waals surface area (Å²) in [6.45, 7) is 8.47. The Morgan fingerprint density at radius 3 is 2.77 bits per heavy atom. The molecule has 0 saturated heterocycles. The molecule has 0 aliphatic rings. The predicted octanol–water partition coefficient (Wildman–Crippen LogP) is 3.67. The Bertz CT molecular complexity index is 1100. The lowest BCUT2D eigenvalue weighted by atomic mass is 10.1. The lowest BCUT2D eigenvalue weighted by molar-refractivity contribution is -0.119. The zero-order valence-corrected chi connectivity index (χ0v) is 18.8. The van der Waals surface area contributed by atoms with E-state index in [2.05, 4.69) is 15.3 Å². The molecule has 2 N–H and O–H groups in total. The molecular weight excluding hydrogens is 400 g/mol. The molecule has 0 saturated carbocycles. The number of methoxy groups -OCH3 is 1. The van der Waals surface area contributed by atoms with Crippen LogP contribution in [-0.2, 0) is 11.3 Å². The van der Waals surface area contributed by atoms with E-state index in [0.29, 0.717) is 22.7 Å². The minimum absolute atomic E-state index is 0.102. The summed E-state index contributed by atoms with van der Waals surface area (Å²) in [6, 6.07) is 9.31. The molecule has 3 aromatic rings. The lowest BCUT2D eigenvalue weighted by Gasteiger charge is -2.16. The second-order valence-corrected chi connectivity index (χ2v) is 8.71. The van der Waals surface area contributed by atoms with Crippen LogP contribution in [0.2, 0.25) is 0 Å². The number of nitrogens with one attached hydrogen (secondary N) is 2. The Balaban J connectivity index is 1.75. The molecule has 7 nitrogen and oxygen atoms in total. The molecule has 2 aromatic heterocycles. The average Bonchev–Trinajstić information content (AvgIpc) is 3.09. The maximum Gasteiger partial charge on any atom is 0.278 e. The van der Waals surface area contributed by atoms with Crippen molar-refractivity contribution >= 4 is 28.7 Å². The van der Waals surface area contributed by atoms with E-state index in [1.807, 2.05) is 58.0 Å². The number of hydrogen-bond donors (Lipinski definition) is 2. The third-order valence-electron chi connectivity index (χ3n) is 4.69. The summed E-state index contributed by atoms with van der Waals surface area (Å²) < 4.78 is 6.91. The number of rotatable bonds is 8. The van der Waals surface area contributed by atoms with Gasteiger partial charge in [-0.2, -0.15) is 0 Å². The average molecular weight is 429 g/mol. The summed E-state index contributed by atoms with van der Waals surface area (Å²) >= 11 is 1.28. The van der Waals surface area contributed by atoms with Crippen molar-refractivity contribution in [3.05, 3.63) is 51.9 Å². The van der Waals surface area contributed by atoms with Crippen LogP contribution in [0.25, 0.3) is 11.0 Å². The number of thioether (sulfide) groups is 1. The highest BCUT2D eigenvalue weighted by Gasteiger charge is 2.17. The van der Waals surface area contributed by atoms with Gasteiger partial charge in [-0.15, -0.1) is 0 Å². The van der Waals surface area contributed by atoms with Crippen LogP contribution in [0.3, 0.4) is 0 Å². The highest BCUT2D eigenvalue weighted by Crippen LogP contribution is 2.21. The first-order chi connectivity index (χ1) is 14.3. The second kappa shape index (κ2) is 9.38. The molecule has 0 spiro atoms. The zero-order valence-electron chi connectivity index (χ0n) is 18.0. The van der Waals surface area contributed by atoms with E-state index in [9.17, 15) is 9.59 Å². The largest absolute Gasteiger partial charge is 0.497 e. The highest BCUT2D eigenvalue weighted by atomic mass is 32.2. The van der Waals surface area contributed by atoms with Gasteiger partial charge in [0.15, 0.2) is 5.16 Å². The number of carbonyl (C=O) groups is 1. The van der Waals surface area contributed by atoms with Crippen LogP contribution >= 0.6 is 11.8 Å². The summed E-state index contributed by atoms with van der Waals surface area (Å²) in [4.78, 5) is 33.2. The number of aromatic amines is 1. The number of nitrogens with zero attached hydrogens (tertiary/aromatic N) is 2. The van der Waals surface area contributed by atoms with E-state index in [4.69, 9.17) is 4.74 Å². The molecule has 160 valence electrons. The second-order valence-electron chi connectivity index (χ2n) is 7.77. The van der Waals surface area contributed by atoms with Crippen molar-refractivity contribution < 1.29 is 9.53 Å². The molecule has 2 heterocycles. The van der Waals surface area contributed by atoms with Gasteiger partial charge in [-0.1, -0.05) is 37.7 Å². The lowest BCUT2D eigenvalue weighted by Crippen LogP contribution is -2.29. The molecule has 0 unspecified atom stereocenters. The Kier molecular flexibility index (Phi) is 6.87. The number of aromatic nitrogens is 3. The molecule has 1 atom stereocenters. The number of aryl methyl sites for hydroxylation is 1. The number of benzene rings is 1. The van der Waals surface area contributed by atoms with Crippen molar-refractivity contribution in [2.75, 3.05) is 12.9 Å². The maximum atomic E-state index is 12.9. The predicted molar refractivity (Wildman–Crippen MR) is 120 cm³/mol. The molecule has 3 rings (SSSR count). The van der Waals surface area contributed by atoms with Gasteiger partial charge in [0.2, 0.25) is 5.91 Å². The fourth-order valence-electron chi connectivity index (χ4n) is 3.25. The fraction of sp³-hybridized carbons (Fsp3) is 0.409. The molecular formula is C22H28N4O3S. The standard InChI is InChI=1S/C22H28N4O3S/c1-13(2)11-26-21(28)20-18(9-14(3)23-20)25-22(26)30-12-19(27)24-15(4)16-7-6-8-17(10-16)29-5/h6-10,13,15,23H,11-12H2,1-5H3,(H,24,27)/t15-/m0/s1. The van der Waals surface area contributed by atoms with Crippen LogP contribution in [0.1, 0.15) is 38.1 Å². The van der Waals surface area contributed by atoms with E-state index in [-0.39, 0.29) is 29.2 Å². The Morgan fingerprint density at radius 2 is 2.07 bits per heavy atom. The number of carbonyl (C=O) groups excluding carboxylic acids is 1. The van der Waals surface area contributed by atoms with E-state index >= 15 is 0 Å². The number of hydrogen-bond acceptors (Lipinski definition) is 5. The van der Waals surface area contributed by atoms with Gasteiger partial charge < -0.3 is 15.0 Å². The van der Waals surface area contributed by atoms with Crippen molar-refractivity contribution in [3.63, 3.8) is 0 Å². The summed E-state index contributed by atoms with van der Waals surface area (Å²) in [5.74, 6) is 1.08. The highest BCUT2D eigenvalue weighted by molar-refractivity contribution is 7.99. The zero-order chi connectivity index (χ0) is 21.8. The molecule has 0 aliphatic carbocycles. The van der Waals surface area contributed by atoms with Crippen LogP contribution in [-0.4, -0.2) is 33.3 Å².